The van der Waals surface area contributed by atoms with E-state index in [1.807, 2.05) is 0 Å². The molecule has 0 atom stereocenters. The summed E-state index contributed by atoms with van der Waals surface area (Å²) >= 11 is 3.26. The van der Waals surface area contributed by atoms with E-state index in [4.69, 9.17) is 5.11 Å². The molecule has 0 aliphatic carbocycles. The first-order valence-corrected chi connectivity index (χ1v) is 9.85. The molecule has 164 valence electrons. The maximum atomic E-state index is 13.4. The molecular weight excluding hydrogens is 484 g/mol. The van der Waals surface area contributed by atoms with Gasteiger partial charge in [-0.05, 0) is 52.7 Å². The first-order valence-electron chi connectivity index (χ1n) is 9.05. The molecule has 0 aliphatic heterocycles. The second kappa shape index (κ2) is 9.92. The summed E-state index contributed by atoms with van der Waals surface area (Å²) in [6.45, 7) is 0.355. The van der Waals surface area contributed by atoms with Crippen LogP contribution in [0.3, 0.4) is 0 Å². The van der Waals surface area contributed by atoms with Crippen LogP contribution in [0.15, 0.2) is 53.0 Å². The Kier molecular flexibility index (Phi) is 7.29. The zero-order valence-corrected chi connectivity index (χ0v) is 17.5. The largest absolute Gasteiger partial charge is 0.573 e. The van der Waals surface area contributed by atoms with E-state index in [1.54, 1.807) is 12.1 Å². The maximum Gasteiger partial charge on any atom is 0.573 e. The SMILES string of the molecule is OCCCNc1nc(Nc2ccc(F)cc2Br)cc(-c2cccc(OC(F)(F)F)c2)n1. The second-order valence-electron chi connectivity index (χ2n) is 6.29. The summed E-state index contributed by atoms with van der Waals surface area (Å²) in [5.41, 5.74) is 1.23. The Hall–Kier alpha value is -2.92. The second-order valence-corrected chi connectivity index (χ2v) is 7.15. The van der Waals surface area contributed by atoms with E-state index in [2.05, 4.69) is 41.3 Å². The fourth-order valence-electron chi connectivity index (χ4n) is 2.60. The Bertz CT molecular complexity index is 1050. The lowest BCUT2D eigenvalue weighted by atomic mass is 10.1. The first-order chi connectivity index (χ1) is 14.7. The van der Waals surface area contributed by atoms with Crippen molar-refractivity contribution in [3.05, 3.63) is 58.8 Å². The number of benzene rings is 2. The Balaban J connectivity index is 1.96. The van der Waals surface area contributed by atoms with Crippen LogP contribution in [0, 0.1) is 5.82 Å². The lowest BCUT2D eigenvalue weighted by Crippen LogP contribution is -2.17. The van der Waals surface area contributed by atoms with E-state index >= 15 is 0 Å². The molecule has 2 aromatic carbocycles. The summed E-state index contributed by atoms with van der Waals surface area (Å²) in [6.07, 6.45) is -4.36. The fourth-order valence-corrected chi connectivity index (χ4v) is 3.05. The van der Waals surface area contributed by atoms with Crippen molar-refractivity contribution < 1.29 is 27.4 Å². The topological polar surface area (TPSA) is 79.3 Å². The highest BCUT2D eigenvalue weighted by Crippen LogP contribution is 2.31. The van der Waals surface area contributed by atoms with Crippen molar-refractivity contribution in [2.24, 2.45) is 0 Å². The number of hydrogen-bond acceptors (Lipinski definition) is 6. The van der Waals surface area contributed by atoms with Gasteiger partial charge in [0.25, 0.3) is 0 Å². The molecule has 0 radical (unpaired) electrons. The van der Waals surface area contributed by atoms with Gasteiger partial charge in [0, 0.05) is 29.3 Å². The van der Waals surface area contributed by atoms with Crippen molar-refractivity contribution in [1.82, 2.24) is 9.97 Å². The predicted octanol–water partition coefficient (Wildman–Crippen LogP) is 5.48. The van der Waals surface area contributed by atoms with Gasteiger partial charge in [-0.3, -0.25) is 0 Å². The highest BCUT2D eigenvalue weighted by molar-refractivity contribution is 9.10. The van der Waals surface area contributed by atoms with Crippen molar-refractivity contribution in [1.29, 1.82) is 0 Å². The highest BCUT2D eigenvalue weighted by Gasteiger charge is 2.31. The molecule has 1 aromatic heterocycles. The van der Waals surface area contributed by atoms with Gasteiger partial charge in [-0.2, -0.15) is 4.98 Å². The Labute approximate surface area is 183 Å². The van der Waals surface area contributed by atoms with Crippen molar-refractivity contribution >= 4 is 33.4 Å². The number of alkyl halides is 3. The molecule has 3 N–H and O–H groups in total. The first kappa shape index (κ1) is 22.8. The fraction of sp³-hybridized carbons (Fsp3) is 0.200. The number of aliphatic hydroxyl groups excluding tert-OH is 1. The van der Waals surface area contributed by atoms with Crippen LogP contribution >= 0.6 is 15.9 Å². The molecule has 0 saturated carbocycles. The summed E-state index contributed by atoms with van der Waals surface area (Å²) in [6, 6.07) is 11.0. The third-order valence-electron chi connectivity index (χ3n) is 3.90. The monoisotopic (exact) mass is 500 g/mol. The van der Waals surface area contributed by atoms with E-state index < -0.39 is 12.2 Å². The van der Waals surface area contributed by atoms with Crippen molar-refractivity contribution in [3.8, 4) is 17.0 Å². The molecule has 0 spiro atoms. The summed E-state index contributed by atoms with van der Waals surface area (Å²) in [7, 11) is 0. The molecule has 1 heterocycles. The summed E-state index contributed by atoms with van der Waals surface area (Å²) < 4.78 is 55.5. The lowest BCUT2D eigenvalue weighted by Gasteiger charge is -2.13. The van der Waals surface area contributed by atoms with Crippen LogP contribution in [0.5, 0.6) is 5.75 Å². The zero-order valence-electron chi connectivity index (χ0n) is 15.9. The van der Waals surface area contributed by atoms with E-state index in [0.29, 0.717) is 40.2 Å². The quantitative estimate of drug-likeness (QED) is 0.280. The molecule has 0 bridgehead atoms. The number of rotatable bonds is 8. The summed E-state index contributed by atoms with van der Waals surface area (Å²) in [4.78, 5) is 8.67. The van der Waals surface area contributed by atoms with Crippen molar-refractivity contribution in [2.45, 2.75) is 12.8 Å². The number of nitrogens with zero attached hydrogens (tertiary/aromatic N) is 2. The molecule has 0 amide bonds. The minimum Gasteiger partial charge on any atom is -0.406 e. The minimum atomic E-state index is -4.82. The summed E-state index contributed by atoms with van der Waals surface area (Å²) in [5, 5.41) is 14.9. The number of ether oxygens (including phenoxy) is 1. The van der Waals surface area contributed by atoms with E-state index in [9.17, 15) is 17.6 Å². The van der Waals surface area contributed by atoms with Gasteiger partial charge in [0.1, 0.15) is 17.4 Å². The molecule has 0 aliphatic rings. The van der Waals surface area contributed by atoms with Crippen molar-refractivity contribution in [2.75, 3.05) is 23.8 Å². The van der Waals surface area contributed by atoms with Crippen LogP contribution in [0.25, 0.3) is 11.3 Å². The Morgan fingerprint density at radius 3 is 2.58 bits per heavy atom. The Morgan fingerprint density at radius 2 is 1.87 bits per heavy atom. The van der Waals surface area contributed by atoms with Gasteiger partial charge in [-0.25, -0.2) is 9.37 Å². The van der Waals surface area contributed by atoms with E-state index in [1.165, 1.54) is 36.4 Å². The number of hydrogen-bond donors (Lipinski definition) is 3. The smallest absolute Gasteiger partial charge is 0.406 e. The number of nitrogens with one attached hydrogen (secondary N) is 2. The van der Waals surface area contributed by atoms with Gasteiger partial charge >= 0.3 is 6.36 Å². The molecule has 3 aromatic rings. The normalized spacial score (nSPS) is 11.3. The average molecular weight is 501 g/mol. The van der Waals surface area contributed by atoms with Crippen LogP contribution in [0.4, 0.5) is 35.0 Å². The van der Waals surface area contributed by atoms with Gasteiger partial charge in [0.05, 0.1) is 11.4 Å². The lowest BCUT2D eigenvalue weighted by molar-refractivity contribution is -0.274. The van der Waals surface area contributed by atoms with Gasteiger partial charge in [0.2, 0.25) is 5.95 Å². The molecule has 3 rings (SSSR count). The van der Waals surface area contributed by atoms with Crippen LogP contribution in [-0.2, 0) is 0 Å². The predicted molar refractivity (Wildman–Crippen MR) is 112 cm³/mol. The molecule has 11 heteroatoms. The molecule has 6 nitrogen and oxygen atoms in total. The van der Waals surface area contributed by atoms with Gasteiger partial charge in [-0.15, -0.1) is 13.2 Å². The Morgan fingerprint density at radius 1 is 1.06 bits per heavy atom. The third kappa shape index (κ3) is 6.79. The molecular formula is C20H17BrF4N4O2. The molecule has 0 fully saturated rings. The molecule has 31 heavy (non-hydrogen) atoms. The van der Waals surface area contributed by atoms with Gasteiger partial charge in [0.15, 0.2) is 0 Å². The maximum absolute atomic E-state index is 13.4. The standard InChI is InChI=1S/C20H17BrF4N4O2/c21-15-10-13(22)5-6-16(15)27-18-11-17(28-19(29-18)26-7-2-8-30)12-3-1-4-14(9-12)31-20(23,24)25/h1,3-6,9-11,30H,2,7-8H2,(H2,26,27,28,29). The minimum absolute atomic E-state index is 0.0306. The van der Waals surface area contributed by atoms with Gasteiger partial charge in [-0.1, -0.05) is 12.1 Å². The highest BCUT2D eigenvalue weighted by atomic mass is 79.9. The zero-order chi connectivity index (χ0) is 22.4. The van der Waals surface area contributed by atoms with Gasteiger partial charge < -0.3 is 20.5 Å². The van der Waals surface area contributed by atoms with Crippen LogP contribution in [0.1, 0.15) is 6.42 Å². The van der Waals surface area contributed by atoms with E-state index in [0.717, 1.165) is 0 Å². The number of anilines is 3. The average Bonchev–Trinajstić information content (AvgIpc) is 2.69. The number of halogens is 5. The summed E-state index contributed by atoms with van der Waals surface area (Å²) in [5.74, 6) is -0.275. The van der Waals surface area contributed by atoms with Crippen LogP contribution < -0.4 is 15.4 Å². The number of aliphatic hydroxyl groups is 1. The third-order valence-corrected chi connectivity index (χ3v) is 4.56. The van der Waals surface area contributed by atoms with Crippen molar-refractivity contribution in [3.63, 3.8) is 0 Å². The molecule has 0 unspecified atom stereocenters. The van der Waals surface area contributed by atoms with Crippen LogP contribution in [-0.4, -0.2) is 34.6 Å². The van der Waals surface area contributed by atoms with Crippen LogP contribution in [0.2, 0.25) is 0 Å². The van der Waals surface area contributed by atoms with E-state index in [-0.39, 0.29) is 18.3 Å². The number of aromatic nitrogens is 2. The molecule has 0 saturated heterocycles.